The maximum absolute atomic E-state index is 13.5. The number of hydrogen-bond donors (Lipinski definition) is 1. The third-order valence-corrected chi connectivity index (χ3v) is 3.98. The summed E-state index contributed by atoms with van der Waals surface area (Å²) in [5, 5.41) is 0. The Morgan fingerprint density at radius 3 is 2.90 bits per heavy atom. The van der Waals surface area contributed by atoms with Crippen LogP contribution < -0.4 is 5.73 Å². The highest BCUT2D eigenvalue weighted by molar-refractivity contribution is 5.93. The number of alkyl halides is 1. The molecule has 0 aromatic rings. The smallest absolute Gasteiger partial charge is 0.249 e. The molecule has 1 aliphatic carbocycles. The van der Waals surface area contributed by atoms with E-state index in [9.17, 15) is 14.0 Å². The maximum Gasteiger partial charge on any atom is 0.249 e. The number of carbonyl (C=O) groups excluding carboxylic acids is 2. The predicted octanol–water partition coefficient (Wildman–Crippen LogP) is 0.453. The molecular weight excluding hydrogens is 261 g/mol. The number of likely N-dealkylation sites (tertiary alicyclic amines) is 1. The number of hydrogen-bond acceptors (Lipinski definition) is 3. The van der Waals surface area contributed by atoms with Gasteiger partial charge in [-0.05, 0) is 25.7 Å². The standard InChI is InChI=1S/C14H22FN3O2/c1-17(14(20)10-4-2-3-5-10)8-12-6-11(15)7-18(12)9-13(16)19/h4,11-12H,2-3,5-9H2,1H3,(H2,16,19)/t11-,12-/m0/s1. The number of carbonyl (C=O) groups is 2. The molecule has 1 saturated heterocycles. The monoisotopic (exact) mass is 283 g/mol. The molecule has 0 saturated carbocycles. The first-order valence-electron chi connectivity index (χ1n) is 7.08. The average molecular weight is 283 g/mol. The molecule has 1 fully saturated rings. The number of rotatable bonds is 5. The van der Waals surface area contributed by atoms with Crippen LogP contribution in [0.2, 0.25) is 0 Å². The second-order valence-corrected chi connectivity index (χ2v) is 5.69. The molecule has 2 N–H and O–H groups in total. The summed E-state index contributed by atoms with van der Waals surface area (Å²) < 4.78 is 13.5. The summed E-state index contributed by atoms with van der Waals surface area (Å²) in [7, 11) is 1.73. The van der Waals surface area contributed by atoms with Crippen molar-refractivity contribution in [3.8, 4) is 0 Å². The van der Waals surface area contributed by atoms with E-state index in [0.29, 0.717) is 13.0 Å². The Morgan fingerprint density at radius 2 is 2.30 bits per heavy atom. The van der Waals surface area contributed by atoms with Crippen LogP contribution in [0.5, 0.6) is 0 Å². The molecule has 1 aliphatic heterocycles. The van der Waals surface area contributed by atoms with Crippen molar-refractivity contribution in [1.29, 1.82) is 0 Å². The van der Waals surface area contributed by atoms with E-state index in [1.165, 1.54) is 0 Å². The Kier molecular flexibility index (Phi) is 4.75. The van der Waals surface area contributed by atoms with E-state index in [1.54, 1.807) is 16.8 Å². The zero-order chi connectivity index (χ0) is 14.7. The lowest BCUT2D eigenvalue weighted by molar-refractivity contribution is -0.126. The number of nitrogens with two attached hydrogens (primary N) is 1. The third kappa shape index (κ3) is 3.56. The fourth-order valence-electron chi connectivity index (χ4n) is 3.02. The third-order valence-electron chi connectivity index (χ3n) is 3.98. The molecule has 0 bridgehead atoms. The van der Waals surface area contributed by atoms with Gasteiger partial charge in [0.25, 0.3) is 0 Å². The average Bonchev–Trinajstić information content (AvgIpc) is 2.98. The van der Waals surface area contributed by atoms with Gasteiger partial charge in [0.15, 0.2) is 0 Å². The number of primary amides is 1. The van der Waals surface area contributed by atoms with Crippen molar-refractivity contribution < 1.29 is 14.0 Å². The van der Waals surface area contributed by atoms with Gasteiger partial charge < -0.3 is 10.6 Å². The Hall–Kier alpha value is -1.43. The van der Waals surface area contributed by atoms with Crippen molar-refractivity contribution in [2.24, 2.45) is 5.73 Å². The van der Waals surface area contributed by atoms with Crippen LogP contribution in [0.4, 0.5) is 4.39 Å². The Balaban J connectivity index is 1.93. The number of allylic oxidation sites excluding steroid dienone is 1. The lowest BCUT2D eigenvalue weighted by Gasteiger charge is -2.27. The van der Waals surface area contributed by atoms with Crippen molar-refractivity contribution in [2.45, 2.75) is 37.9 Å². The highest BCUT2D eigenvalue weighted by Crippen LogP contribution is 2.23. The molecule has 2 atom stereocenters. The molecule has 6 heteroatoms. The molecule has 5 nitrogen and oxygen atoms in total. The lowest BCUT2D eigenvalue weighted by atomic mass is 10.1. The van der Waals surface area contributed by atoms with Crippen molar-refractivity contribution in [1.82, 2.24) is 9.80 Å². The maximum atomic E-state index is 13.5. The summed E-state index contributed by atoms with van der Waals surface area (Å²) in [6, 6.07) is -0.131. The number of nitrogens with zero attached hydrogens (tertiary/aromatic N) is 2. The number of likely N-dealkylation sites (N-methyl/N-ethyl adjacent to an activating group) is 1. The van der Waals surface area contributed by atoms with Crippen LogP contribution in [0, 0.1) is 0 Å². The summed E-state index contributed by atoms with van der Waals surface area (Å²) in [6.07, 6.45) is 4.19. The largest absolute Gasteiger partial charge is 0.369 e. The minimum atomic E-state index is -0.950. The van der Waals surface area contributed by atoms with Gasteiger partial charge in [0.1, 0.15) is 6.17 Å². The molecular formula is C14H22FN3O2. The van der Waals surface area contributed by atoms with Crippen LogP contribution in [0.25, 0.3) is 0 Å². The van der Waals surface area contributed by atoms with Gasteiger partial charge in [-0.25, -0.2) is 4.39 Å². The quantitative estimate of drug-likeness (QED) is 0.797. The van der Waals surface area contributed by atoms with Crippen molar-refractivity contribution in [3.05, 3.63) is 11.6 Å². The lowest BCUT2D eigenvalue weighted by Crippen LogP contribution is -2.44. The minimum absolute atomic E-state index is 0.0174. The van der Waals surface area contributed by atoms with Crippen LogP contribution >= 0.6 is 0 Å². The molecule has 112 valence electrons. The Morgan fingerprint density at radius 1 is 1.55 bits per heavy atom. The fourth-order valence-corrected chi connectivity index (χ4v) is 3.02. The van der Waals surface area contributed by atoms with Crippen molar-refractivity contribution in [2.75, 3.05) is 26.7 Å². The normalized spacial score (nSPS) is 26.6. The Bertz CT molecular complexity index is 425. The first-order chi connectivity index (χ1) is 9.47. The zero-order valence-corrected chi connectivity index (χ0v) is 11.8. The van der Waals surface area contributed by atoms with Gasteiger partial charge in [-0.3, -0.25) is 14.5 Å². The molecule has 20 heavy (non-hydrogen) atoms. The molecule has 0 spiro atoms. The molecule has 2 amide bonds. The molecule has 0 unspecified atom stereocenters. The summed E-state index contributed by atoms with van der Waals surface area (Å²) in [6.45, 7) is 0.706. The fraction of sp³-hybridized carbons (Fsp3) is 0.714. The van der Waals surface area contributed by atoms with Crippen molar-refractivity contribution in [3.63, 3.8) is 0 Å². The topological polar surface area (TPSA) is 66.6 Å². The van der Waals surface area contributed by atoms with Crippen LogP contribution in [0.15, 0.2) is 11.6 Å². The molecule has 0 aromatic carbocycles. The first-order valence-corrected chi connectivity index (χ1v) is 7.08. The summed E-state index contributed by atoms with van der Waals surface area (Å²) in [4.78, 5) is 26.6. The molecule has 1 heterocycles. The Labute approximate surface area is 118 Å². The highest BCUT2D eigenvalue weighted by atomic mass is 19.1. The van der Waals surface area contributed by atoms with Gasteiger partial charge >= 0.3 is 0 Å². The van der Waals surface area contributed by atoms with Crippen LogP contribution in [-0.2, 0) is 9.59 Å². The van der Waals surface area contributed by atoms with Crippen LogP contribution in [0.1, 0.15) is 25.7 Å². The SMILES string of the molecule is CN(C[C@@H]1C[C@H](F)CN1CC(N)=O)C(=O)C1=CCCC1. The van der Waals surface area contributed by atoms with Crippen LogP contribution in [0.3, 0.4) is 0 Å². The summed E-state index contributed by atoms with van der Waals surface area (Å²) in [5.74, 6) is -0.444. The first kappa shape index (κ1) is 15.0. The second-order valence-electron chi connectivity index (χ2n) is 5.69. The molecule has 0 aromatic heterocycles. The second kappa shape index (κ2) is 6.35. The van der Waals surface area contributed by atoms with E-state index in [0.717, 1.165) is 24.8 Å². The van der Waals surface area contributed by atoms with E-state index in [2.05, 4.69) is 0 Å². The van der Waals surface area contributed by atoms with Gasteiger partial charge in [-0.2, -0.15) is 0 Å². The van der Waals surface area contributed by atoms with E-state index in [1.807, 2.05) is 6.08 Å². The van der Waals surface area contributed by atoms with E-state index >= 15 is 0 Å². The van der Waals surface area contributed by atoms with E-state index in [-0.39, 0.29) is 25.0 Å². The minimum Gasteiger partial charge on any atom is -0.369 e. The van der Waals surface area contributed by atoms with Gasteiger partial charge in [0.05, 0.1) is 6.54 Å². The van der Waals surface area contributed by atoms with E-state index < -0.39 is 12.1 Å². The van der Waals surface area contributed by atoms with Gasteiger partial charge in [0.2, 0.25) is 11.8 Å². The summed E-state index contributed by atoms with van der Waals surface area (Å²) >= 11 is 0. The number of halogens is 1. The van der Waals surface area contributed by atoms with Crippen molar-refractivity contribution >= 4 is 11.8 Å². The highest BCUT2D eigenvalue weighted by Gasteiger charge is 2.34. The number of amides is 2. The van der Waals surface area contributed by atoms with Gasteiger partial charge in [0, 0.05) is 31.8 Å². The van der Waals surface area contributed by atoms with Gasteiger partial charge in [-0.1, -0.05) is 6.08 Å². The van der Waals surface area contributed by atoms with Gasteiger partial charge in [-0.15, -0.1) is 0 Å². The molecule has 0 radical (unpaired) electrons. The van der Waals surface area contributed by atoms with Crippen LogP contribution in [-0.4, -0.2) is 60.5 Å². The molecule has 2 rings (SSSR count). The zero-order valence-electron chi connectivity index (χ0n) is 11.8. The predicted molar refractivity (Wildman–Crippen MR) is 73.6 cm³/mol. The summed E-state index contributed by atoms with van der Waals surface area (Å²) in [5.41, 5.74) is 6.03. The molecule has 2 aliphatic rings. The van der Waals surface area contributed by atoms with E-state index in [4.69, 9.17) is 5.73 Å².